The van der Waals surface area contributed by atoms with E-state index in [9.17, 15) is 9.59 Å². The number of rotatable bonds is 8. The summed E-state index contributed by atoms with van der Waals surface area (Å²) in [7, 11) is 1.67. The minimum absolute atomic E-state index is 0.204. The van der Waals surface area contributed by atoms with Crippen molar-refractivity contribution in [1.82, 2.24) is 25.1 Å². The number of hydrogen-bond acceptors (Lipinski definition) is 8. The fraction of sp³-hybridized carbons (Fsp3) is 0.278. The fourth-order valence-electron chi connectivity index (χ4n) is 2.32. The van der Waals surface area contributed by atoms with Gasteiger partial charge < -0.3 is 9.64 Å². The molecule has 3 rings (SSSR count). The number of esters is 1. The van der Waals surface area contributed by atoms with Crippen molar-refractivity contribution in [3.63, 3.8) is 0 Å². The number of thiophene rings is 1. The Kier molecular flexibility index (Phi) is 6.77. The van der Waals surface area contributed by atoms with E-state index < -0.39 is 5.97 Å². The van der Waals surface area contributed by atoms with Gasteiger partial charge in [-0.3, -0.25) is 4.79 Å². The van der Waals surface area contributed by atoms with Crippen molar-refractivity contribution in [2.45, 2.75) is 18.0 Å². The highest BCUT2D eigenvalue weighted by molar-refractivity contribution is 7.98. The Hall–Kier alpha value is -2.72. The number of carbonyl (C=O) groups is 2. The Balaban J connectivity index is 1.45. The second-order valence-corrected chi connectivity index (χ2v) is 7.57. The second kappa shape index (κ2) is 9.47. The summed E-state index contributed by atoms with van der Waals surface area (Å²) in [5, 5.41) is 15.7. The normalized spacial score (nSPS) is 10.6. The zero-order chi connectivity index (χ0) is 19.9. The molecule has 0 radical (unpaired) electrons. The number of nitrogens with zero attached hydrogens (tertiary/aromatic N) is 5. The molecule has 2 aromatic heterocycles. The highest BCUT2D eigenvalue weighted by Gasteiger charge is 2.15. The minimum atomic E-state index is -0.597. The minimum Gasteiger partial charge on any atom is -0.454 e. The molecule has 0 aliphatic rings. The van der Waals surface area contributed by atoms with Gasteiger partial charge in [-0.1, -0.05) is 12.1 Å². The zero-order valence-corrected chi connectivity index (χ0v) is 17.1. The third-order valence-electron chi connectivity index (χ3n) is 3.86. The van der Waals surface area contributed by atoms with Crippen LogP contribution in [0.4, 0.5) is 0 Å². The summed E-state index contributed by atoms with van der Waals surface area (Å²) in [6, 6.07) is 9.83. The molecular weight excluding hydrogens is 398 g/mol. The molecule has 0 unspecified atom stereocenters. The van der Waals surface area contributed by atoms with E-state index in [2.05, 4.69) is 15.4 Å². The van der Waals surface area contributed by atoms with Gasteiger partial charge in [0.25, 0.3) is 5.91 Å². The van der Waals surface area contributed by atoms with E-state index in [-0.39, 0.29) is 19.1 Å². The molecule has 1 amide bonds. The molecule has 146 valence electrons. The molecule has 10 heteroatoms. The first-order valence-corrected chi connectivity index (χ1v) is 10.5. The topological polar surface area (TPSA) is 90.2 Å². The smallest absolute Gasteiger partial charge is 0.330 e. The first-order chi connectivity index (χ1) is 13.5. The fourth-order valence-corrected chi connectivity index (χ4v) is 3.37. The van der Waals surface area contributed by atoms with Crippen LogP contribution < -0.4 is 0 Å². The van der Waals surface area contributed by atoms with Crippen LogP contribution in [-0.4, -0.2) is 56.9 Å². The van der Waals surface area contributed by atoms with Crippen LogP contribution in [-0.2, 0) is 27.4 Å². The molecule has 8 nitrogen and oxygen atoms in total. The summed E-state index contributed by atoms with van der Waals surface area (Å²) < 4.78 is 5.04. The average Bonchev–Trinajstić information content (AvgIpc) is 3.38. The van der Waals surface area contributed by atoms with E-state index >= 15 is 0 Å². The Morgan fingerprint density at radius 3 is 2.71 bits per heavy atom. The molecule has 0 saturated carbocycles. The highest BCUT2D eigenvalue weighted by Crippen LogP contribution is 2.17. The van der Waals surface area contributed by atoms with Gasteiger partial charge in [-0.2, -0.15) is 16.1 Å². The van der Waals surface area contributed by atoms with Crippen LogP contribution in [0.15, 0.2) is 46.0 Å². The molecule has 0 bridgehead atoms. The van der Waals surface area contributed by atoms with Crippen molar-refractivity contribution in [3.05, 3.63) is 46.7 Å². The number of thioether (sulfide) groups is 1. The molecule has 0 fully saturated rings. The van der Waals surface area contributed by atoms with Gasteiger partial charge in [0.2, 0.25) is 5.82 Å². The van der Waals surface area contributed by atoms with Crippen LogP contribution in [0.2, 0.25) is 0 Å². The molecule has 28 heavy (non-hydrogen) atoms. The molecule has 0 aliphatic heterocycles. The molecular formula is C18H19N5O3S2. The maximum Gasteiger partial charge on any atom is 0.330 e. The number of likely N-dealkylation sites (N-methyl/N-ethyl adjacent to an activating group) is 1. The quantitative estimate of drug-likeness (QED) is 0.410. The number of amides is 1. The van der Waals surface area contributed by atoms with Crippen LogP contribution in [0.25, 0.3) is 11.4 Å². The molecule has 1 aromatic carbocycles. The van der Waals surface area contributed by atoms with Gasteiger partial charge in [0.05, 0.1) is 0 Å². The molecule has 0 saturated heterocycles. The van der Waals surface area contributed by atoms with Crippen molar-refractivity contribution in [1.29, 1.82) is 0 Å². The highest BCUT2D eigenvalue weighted by atomic mass is 32.2. The third-order valence-corrected chi connectivity index (χ3v) is 5.29. The first-order valence-electron chi connectivity index (χ1n) is 8.38. The lowest BCUT2D eigenvalue weighted by Gasteiger charge is -2.17. The summed E-state index contributed by atoms with van der Waals surface area (Å²) in [6.45, 7) is -0.0890. The predicted molar refractivity (Wildman–Crippen MR) is 107 cm³/mol. The summed E-state index contributed by atoms with van der Waals surface area (Å²) in [5.74, 6) is -0.439. The zero-order valence-electron chi connectivity index (χ0n) is 15.4. The number of tetrazole rings is 1. The summed E-state index contributed by atoms with van der Waals surface area (Å²) >= 11 is 3.18. The maximum absolute atomic E-state index is 12.2. The SMILES string of the molecule is CSc1ccc(CN(C)C(=O)COC(=O)Cn2nnc(-c3ccsc3)n2)cc1. The van der Waals surface area contributed by atoms with Gasteiger partial charge in [-0.05, 0) is 40.6 Å². The molecule has 3 aromatic rings. The van der Waals surface area contributed by atoms with Crippen LogP contribution in [0.3, 0.4) is 0 Å². The van der Waals surface area contributed by atoms with Crippen molar-refractivity contribution in [2.75, 3.05) is 19.9 Å². The van der Waals surface area contributed by atoms with Gasteiger partial charge in [0.1, 0.15) is 0 Å². The largest absolute Gasteiger partial charge is 0.454 e. The van der Waals surface area contributed by atoms with Crippen molar-refractivity contribution in [2.24, 2.45) is 0 Å². The van der Waals surface area contributed by atoms with Crippen LogP contribution in [0.1, 0.15) is 5.56 Å². The lowest BCUT2D eigenvalue weighted by Crippen LogP contribution is -2.31. The number of aromatic nitrogens is 4. The van der Waals surface area contributed by atoms with Crippen molar-refractivity contribution >= 4 is 35.0 Å². The van der Waals surface area contributed by atoms with Gasteiger partial charge in [0, 0.05) is 29.4 Å². The second-order valence-electron chi connectivity index (χ2n) is 5.91. The summed E-state index contributed by atoms with van der Waals surface area (Å²) in [4.78, 5) is 28.0. The lowest BCUT2D eigenvalue weighted by molar-refractivity contribution is -0.152. The van der Waals surface area contributed by atoms with Gasteiger partial charge in [-0.25, -0.2) is 4.79 Å². The monoisotopic (exact) mass is 417 g/mol. The standard InChI is InChI=1S/C18H19N5O3S2/c1-22(9-13-3-5-15(27-2)6-4-13)16(24)11-26-17(25)10-23-20-18(19-21-23)14-7-8-28-12-14/h3-8,12H,9-11H2,1-2H3. The molecule has 0 aliphatic carbocycles. The van der Waals surface area contributed by atoms with E-state index in [0.29, 0.717) is 12.4 Å². The Bertz CT molecular complexity index is 925. The van der Waals surface area contributed by atoms with E-state index in [4.69, 9.17) is 4.74 Å². The molecule has 0 spiro atoms. The van der Waals surface area contributed by atoms with Gasteiger partial charge in [-0.15, -0.1) is 22.0 Å². The number of hydrogen-bond donors (Lipinski definition) is 0. The van der Waals surface area contributed by atoms with Crippen molar-refractivity contribution < 1.29 is 14.3 Å². The molecule has 0 N–H and O–H groups in total. The Labute approximate surface area is 170 Å². The summed E-state index contributed by atoms with van der Waals surface area (Å²) in [6.07, 6.45) is 2.01. The van der Waals surface area contributed by atoms with E-state index in [1.807, 2.05) is 47.3 Å². The van der Waals surface area contributed by atoms with E-state index in [1.165, 1.54) is 16.2 Å². The maximum atomic E-state index is 12.2. The third kappa shape index (κ3) is 5.40. The van der Waals surface area contributed by atoms with Crippen LogP contribution >= 0.6 is 23.1 Å². The van der Waals surface area contributed by atoms with E-state index in [1.54, 1.807) is 18.8 Å². The molecule has 0 atom stereocenters. The molecule has 2 heterocycles. The van der Waals surface area contributed by atoms with E-state index in [0.717, 1.165) is 20.8 Å². The Morgan fingerprint density at radius 2 is 2.04 bits per heavy atom. The predicted octanol–water partition coefficient (Wildman–Crippen LogP) is 2.33. The number of ether oxygens (including phenoxy) is 1. The first kappa shape index (κ1) is 20.0. The number of carbonyl (C=O) groups excluding carboxylic acids is 2. The van der Waals surface area contributed by atoms with Crippen LogP contribution in [0.5, 0.6) is 0 Å². The lowest BCUT2D eigenvalue weighted by atomic mass is 10.2. The van der Waals surface area contributed by atoms with Crippen molar-refractivity contribution in [3.8, 4) is 11.4 Å². The average molecular weight is 418 g/mol. The van der Waals surface area contributed by atoms with Gasteiger partial charge >= 0.3 is 5.97 Å². The summed E-state index contributed by atoms with van der Waals surface area (Å²) in [5.41, 5.74) is 1.85. The number of benzene rings is 1. The Morgan fingerprint density at radius 1 is 1.25 bits per heavy atom. The van der Waals surface area contributed by atoms with Gasteiger partial charge in [0.15, 0.2) is 13.2 Å². The van der Waals surface area contributed by atoms with Crippen LogP contribution in [0, 0.1) is 0 Å².